The monoisotopic (exact) mass is 302 g/mol. The highest BCUT2D eigenvalue weighted by Gasteiger charge is 2.22. The van der Waals surface area contributed by atoms with Gasteiger partial charge in [-0.25, -0.2) is 9.78 Å². The molecule has 0 bridgehead atoms. The van der Waals surface area contributed by atoms with Crippen molar-refractivity contribution in [3.05, 3.63) is 40.4 Å². The van der Waals surface area contributed by atoms with Crippen LogP contribution in [0.15, 0.2) is 24.3 Å². The van der Waals surface area contributed by atoms with Crippen LogP contribution in [-0.2, 0) is 11.2 Å². The lowest BCUT2D eigenvalue weighted by atomic mass is 10.1. The zero-order valence-electron chi connectivity index (χ0n) is 12.3. The van der Waals surface area contributed by atoms with Crippen molar-refractivity contribution in [1.82, 2.24) is 4.98 Å². The van der Waals surface area contributed by atoms with Crippen molar-refractivity contribution in [3.8, 4) is 0 Å². The molecule has 2 aromatic rings. The van der Waals surface area contributed by atoms with Gasteiger partial charge in [-0.3, -0.25) is 0 Å². The maximum atomic E-state index is 11.7. The number of aromatic nitrogens is 1. The molecule has 0 amide bonds. The third kappa shape index (κ3) is 2.65. The van der Waals surface area contributed by atoms with Gasteiger partial charge in [0.1, 0.15) is 0 Å². The minimum Gasteiger partial charge on any atom is -0.464 e. The summed E-state index contributed by atoms with van der Waals surface area (Å²) in [4.78, 5) is 19.4. The number of hydrogen-bond acceptors (Lipinski definition) is 5. The summed E-state index contributed by atoms with van der Waals surface area (Å²) in [5.41, 5.74) is 2.99. The first kappa shape index (κ1) is 14.1. The van der Waals surface area contributed by atoms with Crippen LogP contribution in [0.3, 0.4) is 0 Å². The summed E-state index contributed by atoms with van der Waals surface area (Å²) >= 11 is 1.55. The van der Waals surface area contributed by atoms with E-state index in [1.165, 1.54) is 24.8 Å². The number of carbonyl (C=O) groups excluding carboxylic acids is 1. The number of para-hydroxylation sites is 1. The van der Waals surface area contributed by atoms with Crippen molar-refractivity contribution >= 4 is 28.1 Å². The van der Waals surface area contributed by atoms with E-state index in [0.29, 0.717) is 5.69 Å². The van der Waals surface area contributed by atoms with Crippen molar-refractivity contribution in [2.45, 2.75) is 26.2 Å². The molecule has 0 saturated carbocycles. The first-order valence-electron chi connectivity index (χ1n) is 7.12. The molecule has 1 aromatic heterocycles. The van der Waals surface area contributed by atoms with Gasteiger partial charge in [0.25, 0.3) is 0 Å². The molecule has 4 nitrogen and oxygen atoms in total. The fourth-order valence-electron chi connectivity index (χ4n) is 2.67. The van der Waals surface area contributed by atoms with Crippen molar-refractivity contribution in [1.29, 1.82) is 0 Å². The number of rotatable bonds is 2. The van der Waals surface area contributed by atoms with E-state index in [-0.39, 0.29) is 5.97 Å². The van der Waals surface area contributed by atoms with Gasteiger partial charge in [0, 0.05) is 17.1 Å². The van der Waals surface area contributed by atoms with Crippen LogP contribution in [0.2, 0.25) is 0 Å². The largest absolute Gasteiger partial charge is 0.464 e. The molecule has 21 heavy (non-hydrogen) atoms. The molecule has 1 aliphatic heterocycles. The van der Waals surface area contributed by atoms with E-state index >= 15 is 0 Å². The zero-order valence-corrected chi connectivity index (χ0v) is 13.1. The lowest BCUT2D eigenvalue weighted by Gasteiger charge is -2.21. The number of methoxy groups -OCH3 is 1. The number of nitrogens with zero attached hydrogens (tertiary/aromatic N) is 2. The molecule has 1 aromatic carbocycles. The van der Waals surface area contributed by atoms with Gasteiger partial charge in [0.15, 0.2) is 10.8 Å². The third-order valence-electron chi connectivity index (χ3n) is 3.76. The fraction of sp³-hybridized carbons (Fsp3) is 0.375. The van der Waals surface area contributed by atoms with Crippen molar-refractivity contribution in [3.63, 3.8) is 0 Å². The Labute approximate surface area is 128 Å². The number of aryl methyl sites for hydroxylation is 2. The molecule has 0 N–H and O–H groups in total. The van der Waals surface area contributed by atoms with Crippen molar-refractivity contribution in [2.75, 3.05) is 18.6 Å². The summed E-state index contributed by atoms with van der Waals surface area (Å²) in [6, 6.07) is 8.44. The lowest BCUT2D eigenvalue weighted by molar-refractivity contribution is 0.0594. The second kappa shape index (κ2) is 5.85. The normalized spacial score (nSPS) is 14.5. The fourth-order valence-corrected chi connectivity index (χ4v) is 3.61. The molecule has 1 aliphatic rings. The Morgan fingerprint density at radius 1 is 1.33 bits per heavy atom. The van der Waals surface area contributed by atoms with Crippen molar-refractivity contribution < 1.29 is 9.53 Å². The Morgan fingerprint density at radius 2 is 2.14 bits per heavy atom. The van der Waals surface area contributed by atoms with Crippen LogP contribution in [0, 0.1) is 6.92 Å². The zero-order chi connectivity index (χ0) is 14.8. The maximum absolute atomic E-state index is 11.7. The molecule has 0 atom stereocenters. The van der Waals surface area contributed by atoms with Crippen LogP contribution in [0.5, 0.6) is 0 Å². The molecule has 0 aliphatic carbocycles. The van der Waals surface area contributed by atoms with E-state index in [1.54, 1.807) is 11.3 Å². The third-order valence-corrected chi connectivity index (χ3v) is 4.75. The van der Waals surface area contributed by atoms with E-state index in [0.717, 1.165) is 29.4 Å². The van der Waals surface area contributed by atoms with Crippen LogP contribution in [0.4, 0.5) is 10.8 Å². The molecule has 0 radical (unpaired) electrons. The lowest BCUT2D eigenvalue weighted by Crippen LogP contribution is -2.18. The Bertz CT molecular complexity index is 666. The maximum Gasteiger partial charge on any atom is 0.357 e. The average Bonchev–Trinajstić information content (AvgIpc) is 2.76. The second-order valence-electron chi connectivity index (χ2n) is 5.13. The molecule has 0 unspecified atom stereocenters. The van der Waals surface area contributed by atoms with Gasteiger partial charge < -0.3 is 9.64 Å². The van der Waals surface area contributed by atoms with Crippen LogP contribution in [0.1, 0.15) is 33.8 Å². The molecular formula is C16H18N2O2S. The van der Waals surface area contributed by atoms with Gasteiger partial charge in [0.2, 0.25) is 0 Å². The van der Waals surface area contributed by atoms with Gasteiger partial charge in [-0.2, -0.15) is 0 Å². The van der Waals surface area contributed by atoms with Crippen molar-refractivity contribution in [2.24, 2.45) is 0 Å². The summed E-state index contributed by atoms with van der Waals surface area (Å²) in [5, 5.41) is 0.877. The number of fused-ring (bicyclic) bond motifs is 1. The number of carbonyl (C=O) groups is 1. The Hall–Kier alpha value is -1.88. The predicted octanol–water partition coefficient (Wildman–Crippen LogP) is 3.71. The number of hydrogen-bond donors (Lipinski definition) is 0. The number of esters is 1. The van der Waals surface area contributed by atoms with E-state index in [4.69, 9.17) is 4.74 Å². The molecule has 110 valence electrons. The summed E-state index contributed by atoms with van der Waals surface area (Å²) in [6.45, 7) is 2.85. The topological polar surface area (TPSA) is 42.4 Å². The highest BCUT2D eigenvalue weighted by Crippen LogP contribution is 2.36. The van der Waals surface area contributed by atoms with Crippen LogP contribution in [-0.4, -0.2) is 24.6 Å². The molecular weight excluding hydrogens is 284 g/mol. The molecule has 0 saturated heterocycles. The van der Waals surface area contributed by atoms with Gasteiger partial charge in [-0.1, -0.05) is 18.2 Å². The number of anilines is 2. The Kier molecular flexibility index (Phi) is 3.92. The van der Waals surface area contributed by atoms with Crippen LogP contribution < -0.4 is 4.90 Å². The number of benzene rings is 1. The van der Waals surface area contributed by atoms with E-state index in [2.05, 4.69) is 34.1 Å². The Morgan fingerprint density at radius 3 is 2.95 bits per heavy atom. The first-order chi connectivity index (χ1) is 10.2. The summed E-state index contributed by atoms with van der Waals surface area (Å²) in [5.74, 6) is -0.363. The summed E-state index contributed by atoms with van der Waals surface area (Å²) in [6.07, 6.45) is 3.41. The standard InChI is InChI=1S/C16H18N2O2S/c1-11-14(15(19)20-2)17-16(21-11)18-10-6-5-8-12-7-3-4-9-13(12)18/h3-4,7,9H,5-6,8,10H2,1-2H3. The smallest absolute Gasteiger partial charge is 0.357 e. The average molecular weight is 302 g/mol. The molecule has 3 rings (SSSR count). The predicted molar refractivity (Wildman–Crippen MR) is 84.6 cm³/mol. The van der Waals surface area contributed by atoms with E-state index in [1.807, 2.05) is 6.92 Å². The highest BCUT2D eigenvalue weighted by atomic mass is 32.1. The summed E-state index contributed by atoms with van der Waals surface area (Å²) in [7, 11) is 1.39. The molecule has 2 heterocycles. The van der Waals surface area contributed by atoms with Gasteiger partial charge in [-0.05, 0) is 37.8 Å². The van der Waals surface area contributed by atoms with E-state index < -0.39 is 0 Å². The van der Waals surface area contributed by atoms with E-state index in [9.17, 15) is 4.79 Å². The SMILES string of the molecule is COC(=O)c1nc(N2CCCCc3ccccc32)sc1C. The van der Waals surface area contributed by atoms with Gasteiger partial charge in [0.05, 0.1) is 7.11 Å². The highest BCUT2D eigenvalue weighted by molar-refractivity contribution is 7.15. The number of thiazole rings is 1. The minimum atomic E-state index is -0.363. The number of ether oxygens (including phenoxy) is 1. The van der Waals surface area contributed by atoms with Crippen LogP contribution >= 0.6 is 11.3 Å². The molecule has 5 heteroatoms. The van der Waals surface area contributed by atoms with Crippen LogP contribution in [0.25, 0.3) is 0 Å². The van der Waals surface area contributed by atoms with Gasteiger partial charge in [-0.15, -0.1) is 11.3 Å². The quantitative estimate of drug-likeness (QED) is 0.793. The summed E-state index contributed by atoms with van der Waals surface area (Å²) < 4.78 is 4.80. The minimum absolute atomic E-state index is 0.363. The molecule has 0 fully saturated rings. The second-order valence-corrected chi connectivity index (χ2v) is 6.31. The Balaban J connectivity index is 2.02. The van der Waals surface area contributed by atoms with Gasteiger partial charge >= 0.3 is 5.97 Å². The first-order valence-corrected chi connectivity index (χ1v) is 7.93. The molecule has 0 spiro atoms.